The summed E-state index contributed by atoms with van der Waals surface area (Å²) in [6, 6.07) is 25.3. The number of nitrogens with one attached hydrogen (secondary N) is 4. The second-order valence-corrected chi connectivity index (χ2v) is 13.6. The molecule has 0 aliphatic heterocycles. The van der Waals surface area contributed by atoms with Gasteiger partial charge in [-0.05, 0) is 70.4 Å². The maximum Gasteiger partial charge on any atom is 0.294 e. The third kappa shape index (κ3) is 6.36. The fourth-order valence-corrected chi connectivity index (χ4v) is 6.27. The van der Waals surface area contributed by atoms with Gasteiger partial charge in [0.05, 0.1) is 54.7 Å². The van der Waals surface area contributed by atoms with Crippen molar-refractivity contribution in [3.63, 3.8) is 0 Å². The lowest BCUT2D eigenvalue weighted by Crippen LogP contribution is -2.11. The molecule has 0 aromatic heterocycles. The first-order valence-electron chi connectivity index (χ1n) is 14.0. The van der Waals surface area contributed by atoms with E-state index in [1.54, 1.807) is 12.1 Å². The molecule has 0 fully saturated rings. The summed E-state index contributed by atoms with van der Waals surface area (Å²) in [5.74, 6) is -0.763. The number of hydrogen-bond acceptors (Lipinski definition) is 12. The topological polar surface area (TPSA) is 249 Å². The SMILES string of the molecule is Nc1ccc2cc(S(=O)(=O)O)cc(O)c2c1NNc1ccc(-c2ccc(NNc3c(N)ccc4cc(S(=O)(=O)O)cc(O)c34)cc2)cc1. The van der Waals surface area contributed by atoms with Crippen LogP contribution in [0, 0.1) is 0 Å². The van der Waals surface area contributed by atoms with Gasteiger partial charge in [0.25, 0.3) is 20.2 Å². The van der Waals surface area contributed by atoms with Crippen molar-refractivity contribution in [2.75, 3.05) is 33.2 Å². The Morgan fingerprint density at radius 3 is 1.17 bits per heavy atom. The molecular weight excluding hydrogens is 661 g/mol. The van der Waals surface area contributed by atoms with Gasteiger partial charge in [-0.25, -0.2) is 0 Å². The fourth-order valence-electron chi connectivity index (χ4n) is 5.19. The number of fused-ring (bicyclic) bond motifs is 2. The van der Waals surface area contributed by atoms with Crippen LogP contribution in [0.3, 0.4) is 0 Å². The maximum atomic E-state index is 11.6. The standard InChI is InChI=1S/C32H28N6O8S2/c33-25-11-5-19-13-23(47(41,42)43)15-27(39)29(19)31(25)37-35-21-7-1-17(2-8-21)18-3-9-22(10-4-18)36-38-32-26(34)12-6-20-14-24(48(44,45)46)16-28(40)30(20)32/h1-16,35-40H,33-34H2,(H,41,42,43)(H,44,45,46). The zero-order chi connectivity index (χ0) is 34.4. The quantitative estimate of drug-likeness (QED) is 0.0504. The molecule has 0 heterocycles. The van der Waals surface area contributed by atoms with E-state index < -0.39 is 30.0 Å². The van der Waals surface area contributed by atoms with Gasteiger partial charge in [0, 0.05) is 12.1 Å². The molecule has 48 heavy (non-hydrogen) atoms. The lowest BCUT2D eigenvalue weighted by Gasteiger charge is -2.17. The van der Waals surface area contributed by atoms with Gasteiger partial charge in [0.15, 0.2) is 0 Å². The highest BCUT2D eigenvalue weighted by molar-refractivity contribution is 7.86. The van der Waals surface area contributed by atoms with E-state index in [0.29, 0.717) is 33.5 Å². The molecule has 0 unspecified atom stereocenters. The van der Waals surface area contributed by atoms with Gasteiger partial charge in [-0.3, -0.25) is 20.0 Å². The molecule has 0 radical (unpaired) electrons. The first-order chi connectivity index (χ1) is 22.7. The zero-order valence-corrected chi connectivity index (χ0v) is 26.3. The van der Waals surface area contributed by atoms with Crippen LogP contribution in [0.4, 0.5) is 34.1 Å². The molecular formula is C32H28N6O8S2. The Bertz CT molecular complexity index is 2270. The average Bonchev–Trinajstić information content (AvgIpc) is 3.03. The molecule has 0 saturated carbocycles. The van der Waals surface area contributed by atoms with Crippen LogP contribution in [-0.4, -0.2) is 36.2 Å². The molecule has 0 saturated heterocycles. The van der Waals surface area contributed by atoms with Gasteiger partial charge in [-0.1, -0.05) is 36.4 Å². The van der Waals surface area contributed by atoms with Crippen LogP contribution in [-0.2, 0) is 20.2 Å². The highest BCUT2D eigenvalue weighted by atomic mass is 32.2. The van der Waals surface area contributed by atoms with Crippen molar-refractivity contribution in [3.05, 3.63) is 97.1 Å². The Morgan fingerprint density at radius 1 is 0.479 bits per heavy atom. The largest absolute Gasteiger partial charge is 0.507 e. The number of nitrogen functional groups attached to an aromatic ring is 2. The van der Waals surface area contributed by atoms with Crippen molar-refractivity contribution in [3.8, 4) is 22.6 Å². The molecule has 0 bridgehead atoms. The summed E-state index contributed by atoms with van der Waals surface area (Å²) in [6.45, 7) is 0. The van der Waals surface area contributed by atoms with Crippen LogP contribution in [0.2, 0.25) is 0 Å². The maximum absolute atomic E-state index is 11.6. The van der Waals surface area contributed by atoms with Crippen LogP contribution < -0.4 is 33.2 Å². The Kier molecular flexibility index (Phi) is 8.01. The minimum absolute atomic E-state index is 0.265. The number of hydrazine groups is 2. The molecule has 0 aliphatic carbocycles. The van der Waals surface area contributed by atoms with E-state index in [2.05, 4.69) is 21.7 Å². The monoisotopic (exact) mass is 688 g/mol. The van der Waals surface area contributed by atoms with E-state index in [1.807, 2.05) is 48.5 Å². The molecule has 0 aliphatic rings. The third-order valence-electron chi connectivity index (χ3n) is 7.57. The summed E-state index contributed by atoms with van der Waals surface area (Å²) in [5, 5.41) is 22.3. The van der Waals surface area contributed by atoms with E-state index in [9.17, 15) is 36.2 Å². The molecule has 14 nitrogen and oxygen atoms in total. The summed E-state index contributed by atoms with van der Waals surface area (Å²) in [7, 11) is -9.05. The smallest absolute Gasteiger partial charge is 0.294 e. The number of anilines is 6. The number of phenols is 2. The van der Waals surface area contributed by atoms with E-state index in [-0.39, 0.29) is 33.6 Å². The lowest BCUT2D eigenvalue weighted by atomic mass is 10.0. The number of aromatic hydroxyl groups is 2. The third-order valence-corrected chi connectivity index (χ3v) is 9.23. The molecule has 6 aromatic rings. The van der Waals surface area contributed by atoms with E-state index in [4.69, 9.17) is 11.5 Å². The second kappa shape index (κ2) is 12.0. The van der Waals surface area contributed by atoms with Crippen molar-refractivity contribution >= 4 is 75.9 Å². The Morgan fingerprint density at radius 2 is 0.833 bits per heavy atom. The number of nitrogens with two attached hydrogens (primary N) is 2. The number of phenolic OH excluding ortho intramolecular Hbond substituents is 2. The minimum atomic E-state index is -4.52. The summed E-state index contributed by atoms with van der Waals surface area (Å²) >= 11 is 0. The normalized spacial score (nSPS) is 11.8. The van der Waals surface area contributed by atoms with Crippen molar-refractivity contribution in [2.24, 2.45) is 0 Å². The molecule has 0 spiro atoms. The fraction of sp³-hybridized carbons (Fsp3) is 0. The lowest BCUT2D eigenvalue weighted by molar-refractivity contribution is 0.470. The van der Waals surface area contributed by atoms with Gasteiger partial charge in [0.1, 0.15) is 11.5 Å². The van der Waals surface area contributed by atoms with Crippen molar-refractivity contribution in [2.45, 2.75) is 9.79 Å². The van der Waals surface area contributed by atoms with Crippen LogP contribution in [0.1, 0.15) is 0 Å². The molecule has 0 amide bonds. The Hall–Kier alpha value is -5.94. The van der Waals surface area contributed by atoms with Gasteiger partial charge >= 0.3 is 0 Å². The van der Waals surface area contributed by atoms with Crippen molar-refractivity contribution < 1.29 is 36.2 Å². The Labute approximate surface area is 274 Å². The van der Waals surface area contributed by atoms with Gasteiger partial charge in [0.2, 0.25) is 0 Å². The molecule has 6 rings (SSSR count). The molecule has 0 atom stereocenters. The summed E-state index contributed by atoms with van der Waals surface area (Å²) in [6.07, 6.45) is 0. The highest BCUT2D eigenvalue weighted by Crippen LogP contribution is 2.39. The number of rotatable bonds is 9. The van der Waals surface area contributed by atoms with Crippen molar-refractivity contribution in [1.29, 1.82) is 0 Å². The minimum Gasteiger partial charge on any atom is -0.507 e. The van der Waals surface area contributed by atoms with Gasteiger partial charge < -0.3 is 32.5 Å². The van der Waals surface area contributed by atoms with Crippen LogP contribution in [0.5, 0.6) is 11.5 Å². The highest BCUT2D eigenvalue weighted by Gasteiger charge is 2.18. The molecule has 6 aromatic carbocycles. The number of benzene rings is 6. The second-order valence-electron chi connectivity index (χ2n) is 10.7. The van der Waals surface area contributed by atoms with E-state index in [0.717, 1.165) is 23.3 Å². The van der Waals surface area contributed by atoms with Crippen LogP contribution in [0.15, 0.2) is 107 Å². The molecule has 16 heteroatoms. The first-order valence-corrected chi connectivity index (χ1v) is 16.9. The summed E-state index contributed by atoms with van der Waals surface area (Å²) in [4.78, 5) is -0.887. The zero-order valence-electron chi connectivity index (χ0n) is 24.6. The van der Waals surface area contributed by atoms with E-state index in [1.165, 1.54) is 24.3 Å². The predicted molar refractivity (Wildman–Crippen MR) is 186 cm³/mol. The molecule has 12 N–H and O–H groups in total. The van der Waals surface area contributed by atoms with Crippen molar-refractivity contribution in [1.82, 2.24) is 0 Å². The van der Waals surface area contributed by atoms with Gasteiger partial charge in [-0.2, -0.15) is 16.8 Å². The first kappa shape index (κ1) is 32.0. The predicted octanol–water partition coefficient (Wildman–Crippen LogP) is 5.61. The Balaban J connectivity index is 1.15. The van der Waals surface area contributed by atoms with Crippen LogP contribution >= 0.6 is 0 Å². The van der Waals surface area contributed by atoms with E-state index >= 15 is 0 Å². The van der Waals surface area contributed by atoms with Crippen LogP contribution in [0.25, 0.3) is 32.7 Å². The summed E-state index contributed by atoms with van der Waals surface area (Å²) < 4.78 is 65.0. The number of hydrogen-bond donors (Lipinski definition) is 10. The summed E-state index contributed by atoms with van der Waals surface area (Å²) in [5.41, 5.74) is 28.6. The molecule has 246 valence electrons. The average molecular weight is 689 g/mol. The van der Waals surface area contributed by atoms with Gasteiger partial charge in [-0.15, -0.1) is 0 Å².